The molecule has 6 nitrogen and oxygen atoms in total. The van der Waals surface area contributed by atoms with Gasteiger partial charge in [0.25, 0.3) is 0 Å². The van der Waals surface area contributed by atoms with Crippen LogP contribution in [0.4, 0.5) is 16.2 Å². The van der Waals surface area contributed by atoms with Crippen molar-refractivity contribution in [2.45, 2.75) is 13.3 Å². The molecule has 0 aliphatic heterocycles. The fourth-order valence-corrected chi connectivity index (χ4v) is 2.92. The number of methoxy groups -OCH3 is 1. The second kappa shape index (κ2) is 8.43. The van der Waals surface area contributed by atoms with E-state index in [1.54, 1.807) is 37.4 Å². The van der Waals surface area contributed by atoms with Gasteiger partial charge in [-0.2, -0.15) is 0 Å². The summed E-state index contributed by atoms with van der Waals surface area (Å²) in [6.45, 7) is 2.02. The van der Waals surface area contributed by atoms with Crippen LogP contribution < -0.4 is 10.2 Å². The molecule has 2 amide bonds. The van der Waals surface area contributed by atoms with Crippen LogP contribution in [0, 0.1) is 0 Å². The van der Waals surface area contributed by atoms with E-state index in [1.807, 2.05) is 31.2 Å². The molecular formula is C22H22N2O4. The Morgan fingerprint density at radius 2 is 1.86 bits per heavy atom. The molecule has 1 heterocycles. The van der Waals surface area contributed by atoms with Crippen molar-refractivity contribution < 1.29 is 18.7 Å². The number of fused-ring (bicyclic) bond motifs is 1. The van der Waals surface area contributed by atoms with E-state index >= 15 is 0 Å². The van der Waals surface area contributed by atoms with E-state index in [0.717, 1.165) is 28.7 Å². The van der Waals surface area contributed by atoms with Gasteiger partial charge in [0.15, 0.2) is 0 Å². The Labute approximate surface area is 163 Å². The smallest absolute Gasteiger partial charge is 0.413 e. The Balaban J connectivity index is 1.72. The first kappa shape index (κ1) is 19.2. The maximum atomic E-state index is 12.3. The van der Waals surface area contributed by atoms with Crippen LogP contribution in [0.15, 0.2) is 59.0 Å². The number of benzene rings is 2. The van der Waals surface area contributed by atoms with E-state index in [-0.39, 0.29) is 5.91 Å². The van der Waals surface area contributed by atoms with E-state index in [2.05, 4.69) is 10.1 Å². The average Bonchev–Trinajstić information content (AvgIpc) is 3.09. The van der Waals surface area contributed by atoms with Crippen molar-refractivity contribution in [3.63, 3.8) is 0 Å². The minimum Gasteiger partial charge on any atom is -0.460 e. The summed E-state index contributed by atoms with van der Waals surface area (Å²) in [4.78, 5) is 25.2. The number of amides is 2. The van der Waals surface area contributed by atoms with Gasteiger partial charge in [-0.3, -0.25) is 9.69 Å². The molecule has 0 fully saturated rings. The number of ether oxygens (including phenoxy) is 1. The van der Waals surface area contributed by atoms with Crippen molar-refractivity contribution >= 4 is 40.4 Å². The zero-order valence-corrected chi connectivity index (χ0v) is 16.1. The molecule has 0 saturated heterocycles. The molecule has 0 aliphatic rings. The Kier molecular flexibility index (Phi) is 5.79. The summed E-state index contributed by atoms with van der Waals surface area (Å²) in [5.74, 6) is 0.599. The highest BCUT2D eigenvalue weighted by Crippen LogP contribution is 2.27. The predicted molar refractivity (Wildman–Crippen MR) is 111 cm³/mol. The van der Waals surface area contributed by atoms with Crippen LogP contribution in [0.3, 0.4) is 0 Å². The van der Waals surface area contributed by atoms with Gasteiger partial charge in [0, 0.05) is 41.9 Å². The van der Waals surface area contributed by atoms with Gasteiger partial charge in [-0.05, 0) is 36.4 Å². The summed E-state index contributed by atoms with van der Waals surface area (Å²) >= 11 is 0. The third-order valence-electron chi connectivity index (χ3n) is 4.40. The number of aryl methyl sites for hydroxylation is 1. The van der Waals surface area contributed by atoms with Crippen LogP contribution in [0.25, 0.3) is 17.0 Å². The molecule has 144 valence electrons. The van der Waals surface area contributed by atoms with Gasteiger partial charge in [0.1, 0.15) is 11.3 Å². The lowest BCUT2D eigenvalue weighted by Gasteiger charge is -2.15. The molecule has 6 heteroatoms. The molecule has 1 aromatic heterocycles. The third-order valence-corrected chi connectivity index (χ3v) is 4.40. The highest BCUT2D eigenvalue weighted by atomic mass is 16.5. The van der Waals surface area contributed by atoms with Crippen molar-refractivity contribution in [3.05, 3.63) is 65.9 Å². The molecule has 3 rings (SSSR count). The van der Waals surface area contributed by atoms with E-state index in [0.29, 0.717) is 11.4 Å². The summed E-state index contributed by atoms with van der Waals surface area (Å²) in [6.07, 6.45) is 3.55. The van der Waals surface area contributed by atoms with Crippen LogP contribution in [0.2, 0.25) is 0 Å². The second-order valence-corrected chi connectivity index (χ2v) is 6.19. The summed E-state index contributed by atoms with van der Waals surface area (Å²) in [5.41, 5.74) is 3.02. The number of rotatable bonds is 5. The molecule has 0 bridgehead atoms. The van der Waals surface area contributed by atoms with Crippen molar-refractivity contribution in [2.75, 3.05) is 24.4 Å². The molecule has 0 saturated carbocycles. The highest BCUT2D eigenvalue weighted by Gasteiger charge is 2.11. The number of furan rings is 1. The zero-order chi connectivity index (χ0) is 20.1. The number of nitrogens with one attached hydrogen (secondary N) is 1. The number of anilines is 2. The molecule has 0 aliphatic carbocycles. The minimum absolute atomic E-state index is 0.249. The van der Waals surface area contributed by atoms with E-state index < -0.39 is 6.09 Å². The second-order valence-electron chi connectivity index (χ2n) is 6.19. The molecule has 28 heavy (non-hydrogen) atoms. The fourth-order valence-electron chi connectivity index (χ4n) is 2.92. The number of hydrogen-bond acceptors (Lipinski definition) is 4. The minimum atomic E-state index is -0.459. The topological polar surface area (TPSA) is 71.8 Å². The molecule has 0 atom stereocenters. The lowest BCUT2D eigenvalue weighted by atomic mass is 10.1. The largest absolute Gasteiger partial charge is 0.460 e. The van der Waals surface area contributed by atoms with Crippen LogP contribution in [-0.2, 0) is 16.0 Å². The monoisotopic (exact) mass is 378 g/mol. The molecule has 2 aromatic carbocycles. The molecule has 3 aromatic rings. The first-order chi connectivity index (χ1) is 13.5. The Morgan fingerprint density at radius 1 is 1.14 bits per heavy atom. The molecule has 0 spiro atoms. The van der Waals surface area contributed by atoms with Crippen LogP contribution >= 0.6 is 0 Å². The summed E-state index contributed by atoms with van der Waals surface area (Å²) in [6, 6.07) is 14.7. The van der Waals surface area contributed by atoms with Crippen molar-refractivity contribution in [3.8, 4) is 0 Å². The first-order valence-electron chi connectivity index (χ1n) is 8.94. The van der Waals surface area contributed by atoms with Gasteiger partial charge >= 0.3 is 6.09 Å². The average molecular weight is 378 g/mol. The van der Waals surface area contributed by atoms with Crippen LogP contribution in [0.1, 0.15) is 18.2 Å². The van der Waals surface area contributed by atoms with Crippen molar-refractivity contribution in [1.82, 2.24) is 0 Å². The molecule has 0 unspecified atom stereocenters. The number of nitrogens with zero attached hydrogens (tertiary/aromatic N) is 1. The zero-order valence-electron chi connectivity index (χ0n) is 16.1. The predicted octanol–water partition coefficient (Wildman–Crippen LogP) is 4.85. The number of carbonyl (C=O) groups excluding carboxylic acids is 2. The third kappa shape index (κ3) is 4.06. The maximum Gasteiger partial charge on any atom is 0.413 e. The van der Waals surface area contributed by atoms with Crippen LogP contribution in [-0.4, -0.2) is 26.2 Å². The highest BCUT2D eigenvalue weighted by molar-refractivity contribution is 6.03. The molecule has 0 radical (unpaired) electrons. The summed E-state index contributed by atoms with van der Waals surface area (Å²) in [5, 5.41) is 3.79. The van der Waals surface area contributed by atoms with Gasteiger partial charge in [-0.1, -0.05) is 25.1 Å². The van der Waals surface area contributed by atoms with E-state index in [1.165, 1.54) is 18.1 Å². The SMILES string of the molecule is CCc1oc2ccccc2c1/C=C/C(=O)Nc1ccc(N(C)C(=O)OC)cc1. The van der Waals surface area contributed by atoms with E-state index in [4.69, 9.17) is 4.42 Å². The first-order valence-corrected chi connectivity index (χ1v) is 8.94. The van der Waals surface area contributed by atoms with Gasteiger partial charge in [0.2, 0.25) is 5.91 Å². The Bertz CT molecular complexity index is 1020. The number of carbonyl (C=O) groups is 2. The Hall–Kier alpha value is -3.54. The van der Waals surface area contributed by atoms with Gasteiger partial charge in [-0.25, -0.2) is 4.79 Å². The summed E-state index contributed by atoms with van der Waals surface area (Å²) < 4.78 is 10.5. The normalized spacial score (nSPS) is 11.0. The van der Waals surface area contributed by atoms with Gasteiger partial charge in [-0.15, -0.1) is 0 Å². The summed E-state index contributed by atoms with van der Waals surface area (Å²) in [7, 11) is 2.94. The standard InChI is InChI=1S/C22H22N2O4/c1-4-19-18(17-7-5-6-8-20(17)28-19)13-14-21(25)23-15-9-11-16(12-10-15)24(2)22(26)27-3/h5-14H,4H2,1-3H3,(H,23,25)/b14-13+. The lowest BCUT2D eigenvalue weighted by Crippen LogP contribution is -2.25. The maximum absolute atomic E-state index is 12.3. The number of hydrogen-bond donors (Lipinski definition) is 1. The van der Waals surface area contributed by atoms with E-state index in [9.17, 15) is 9.59 Å². The lowest BCUT2D eigenvalue weighted by molar-refractivity contribution is -0.111. The Morgan fingerprint density at radius 3 is 2.54 bits per heavy atom. The van der Waals surface area contributed by atoms with Gasteiger partial charge < -0.3 is 14.5 Å². The fraction of sp³-hybridized carbons (Fsp3) is 0.182. The van der Waals surface area contributed by atoms with Crippen molar-refractivity contribution in [2.24, 2.45) is 0 Å². The van der Waals surface area contributed by atoms with Crippen LogP contribution in [0.5, 0.6) is 0 Å². The van der Waals surface area contributed by atoms with Gasteiger partial charge in [0.05, 0.1) is 7.11 Å². The quantitative estimate of drug-likeness (QED) is 0.644. The van der Waals surface area contributed by atoms with Crippen molar-refractivity contribution in [1.29, 1.82) is 0 Å². The molecule has 1 N–H and O–H groups in total. The number of para-hydroxylation sites is 1. The molecular weight excluding hydrogens is 356 g/mol.